The van der Waals surface area contributed by atoms with Gasteiger partial charge in [0.05, 0.1) is 26.1 Å². The van der Waals surface area contributed by atoms with Crippen LogP contribution in [0.15, 0.2) is 12.4 Å². The first-order chi connectivity index (χ1) is 9.83. The van der Waals surface area contributed by atoms with Crippen LogP contribution >= 0.6 is 0 Å². The Hall–Kier alpha value is -1.40. The molecule has 1 aliphatic heterocycles. The zero-order chi connectivity index (χ0) is 14.2. The van der Waals surface area contributed by atoms with E-state index in [1.54, 1.807) is 26.6 Å². The molecular formula is C14H24N4O2. The molecule has 0 spiro atoms. The molecule has 0 radical (unpaired) electrons. The third-order valence-corrected chi connectivity index (χ3v) is 3.66. The number of methoxy groups -OCH3 is 2. The van der Waals surface area contributed by atoms with Crippen molar-refractivity contribution in [2.75, 3.05) is 51.9 Å². The highest BCUT2D eigenvalue weighted by molar-refractivity contribution is 5.37. The molecule has 0 aliphatic carbocycles. The Morgan fingerprint density at radius 2 is 2.10 bits per heavy atom. The van der Waals surface area contributed by atoms with E-state index in [0.29, 0.717) is 5.88 Å². The van der Waals surface area contributed by atoms with Crippen LogP contribution in [0.4, 0.5) is 5.82 Å². The van der Waals surface area contributed by atoms with Gasteiger partial charge < -0.3 is 19.7 Å². The molecule has 0 aromatic carbocycles. The number of anilines is 1. The second kappa shape index (κ2) is 8.01. The number of hydrogen-bond donors (Lipinski definition) is 1. The normalized spacial score (nSPS) is 16.4. The minimum atomic E-state index is 0.575. The summed E-state index contributed by atoms with van der Waals surface area (Å²) in [6.07, 6.45) is 5.80. The molecule has 6 heteroatoms. The van der Waals surface area contributed by atoms with Gasteiger partial charge in [0.1, 0.15) is 0 Å². The molecule has 1 N–H and O–H groups in total. The van der Waals surface area contributed by atoms with E-state index < -0.39 is 0 Å². The van der Waals surface area contributed by atoms with Gasteiger partial charge in [-0.05, 0) is 25.3 Å². The molecule has 0 amide bonds. The molecule has 1 aromatic rings. The summed E-state index contributed by atoms with van der Waals surface area (Å²) in [7, 11) is 3.35. The molecule has 6 nitrogen and oxygen atoms in total. The van der Waals surface area contributed by atoms with E-state index in [2.05, 4.69) is 20.2 Å². The van der Waals surface area contributed by atoms with Gasteiger partial charge in [0.15, 0.2) is 5.82 Å². The van der Waals surface area contributed by atoms with Crippen molar-refractivity contribution < 1.29 is 9.47 Å². The number of hydrogen-bond acceptors (Lipinski definition) is 6. The van der Waals surface area contributed by atoms with Crippen molar-refractivity contribution >= 4 is 5.82 Å². The Kier molecular flexibility index (Phi) is 6.01. The summed E-state index contributed by atoms with van der Waals surface area (Å²) in [6, 6.07) is 0. The van der Waals surface area contributed by atoms with Crippen molar-refractivity contribution in [3.05, 3.63) is 12.4 Å². The monoisotopic (exact) mass is 280 g/mol. The molecule has 0 atom stereocenters. The summed E-state index contributed by atoms with van der Waals surface area (Å²) in [4.78, 5) is 10.9. The molecule has 0 bridgehead atoms. The van der Waals surface area contributed by atoms with Gasteiger partial charge in [-0.15, -0.1) is 0 Å². The summed E-state index contributed by atoms with van der Waals surface area (Å²) in [5.41, 5.74) is 0. The number of nitrogens with one attached hydrogen (secondary N) is 1. The van der Waals surface area contributed by atoms with Gasteiger partial charge in [0.2, 0.25) is 5.88 Å². The van der Waals surface area contributed by atoms with Crippen molar-refractivity contribution in [2.24, 2.45) is 5.92 Å². The molecule has 1 aromatic heterocycles. The fourth-order valence-corrected chi connectivity index (χ4v) is 2.44. The number of ether oxygens (including phenoxy) is 2. The Balaban J connectivity index is 1.76. The Morgan fingerprint density at radius 1 is 1.30 bits per heavy atom. The van der Waals surface area contributed by atoms with Crippen LogP contribution in [0.5, 0.6) is 5.88 Å². The lowest BCUT2D eigenvalue weighted by atomic mass is 9.97. The largest absolute Gasteiger partial charge is 0.480 e. The molecule has 2 rings (SSSR count). The lowest BCUT2D eigenvalue weighted by molar-refractivity contribution is 0.196. The number of rotatable bonds is 7. The predicted molar refractivity (Wildman–Crippen MR) is 78.3 cm³/mol. The summed E-state index contributed by atoms with van der Waals surface area (Å²) in [5, 5.41) is 3.44. The first-order valence-corrected chi connectivity index (χ1v) is 7.14. The molecule has 1 aliphatic rings. The molecule has 1 saturated heterocycles. The quantitative estimate of drug-likeness (QED) is 0.750. The Bertz CT molecular complexity index is 395. The topological polar surface area (TPSA) is 59.5 Å². The SMILES string of the molecule is COCCNCC1CCN(c2cncc(OC)n2)CC1. The van der Waals surface area contributed by atoms with E-state index >= 15 is 0 Å². The van der Waals surface area contributed by atoms with E-state index in [1.807, 2.05) is 0 Å². The van der Waals surface area contributed by atoms with Crippen LogP contribution in [0, 0.1) is 5.92 Å². The summed E-state index contributed by atoms with van der Waals surface area (Å²) in [5.74, 6) is 2.22. The van der Waals surface area contributed by atoms with Crippen LogP contribution in [0.1, 0.15) is 12.8 Å². The van der Waals surface area contributed by atoms with Crippen LogP contribution in [-0.4, -0.2) is 57.0 Å². The minimum Gasteiger partial charge on any atom is -0.480 e. The van der Waals surface area contributed by atoms with Crippen molar-refractivity contribution in [3.8, 4) is 5.88 Å². The van der Waals surface area contributed by atoms with Crippen LogP contribution in [0.3, 0.4) is 0 Å². The second-order valence-corrected chi connectivity index (χ2v) is 5.05. The predicted octanol–water partition coefficient (Wildman–Crippen LogP) is 0.938. The van der Waals surface area contributed by atoms with Gasteiger partial charge >= 0.3 is 0 Å². The maximum absolute atomic E-state index is 5.12. The third kappa shape index (κ3) is 4.31. The molecule has 20 heavy (non-hydrogen) atoms. The van der Waals surface area contributed by atoms with E-state index in [4.69, 9.17) is 9.47 Å². The number of piperidine rings is 1. The summed E-state index contributed by atoms with van der Waals surface area (Å²) < 4.78 is 10.2. The van der Waals surface area contributed by atoms with E-state index in [9.17, 15) is 0 Å². The lowest BCUT2D eigenvalue weighted by Gasteiger charge is -2.32. The van der Waals surface area contributed by atoms with Crippen LogP contribution < -0.4 is 15.0 Å². The smallest absolute Gasteiger partial charge is 0.233 e. The fourth-order valence-electron chi connectivity index (χ4n) is 2.44. The number of nitrogens with zero attached hydrogens (tertiary/aromatic N) is 3. The highest BCUT2D eigenvalue weighted by atomic mass is 16.5. The standard InChI is InChI=1S/C14H24N4O2/c1-19-8-5-15-9-12-3-6-18(7-4-12)13-10-16-11-14(17-13)20-2/h10-12,15H,3-9H2,1-2H3. The third-order valence-electron chi connectivity index (χ3n) is 3.66. The van der Waals surface area contributed by atoms with E-state index in [1.165, 1.54) is 12.8 Å². The fraction of sp³-hybridized carbons (Fsp3) is 0.714. The van der Waals surface area contributed by atoms with Gasteiger partial charge in [-0.25, -0.2) is 0 Å². The first-order valence-electron chi connectivity index (χ1n) is 7.14. The van der Waals surface area contributed by atoms with Crippen LogP contribution in [0.2, 0.25) is 0 Å². The first kappa shape index (κ1) is 15.0. The molecule has 1 fully saturated rings. The van der Waals surface area contributed by atoms with Gasteiger partial charge in [-0.1, -0.05) is 0 Å². The second-order valence-electron chi connectivity index (χ2n) is 5.05. The van der Waals surface area contributed by atoms with Gasteiger partial charge in [-0.3, -0.25) is 4.98 Å². The van der Waals surface area contributed by atoms with E-state index in [0.717, 1.165) is 44.5 Å². The maximum atomic E-state index is 5.12. The molecule has 0 saturated carbocycles. The van der Waals surface area contributed by atoms with Crippen molar-refractivity contribution in [1.29, 1.82) is 0 Å². The van der Waals surface area contributed by atoms with Crippen LogP contribution in [-0.2, 0) is 4.74 Å². The lowest BCUT2D eigenvalue weighted by Crippen LogP contribution is -2.38. The Morgan fingerprint density at radius 3 is 2.80 bits per heavy atom. The van der Waals surface area contributed by atoms with Crippen molar-refractivity contribution in [1.82, 2.24) is 15.3 Å². The van der Waals surface area contributed by atoms with Gasteiger partial charge in [-0.2, -0.15) is 4.98 Å². The summed E-state index contributed by atoms with van der Waals surface area (Å²) >= 11 is 0. The molecule has 0 unspecified atom stereocenters. The highest BCUT2D eigenvalue weighted by Crippen LogP contribution is 2.22. The average molecular weight is 280 g/mol. The zero-order valence-corrected chi connectivity index (χ0v) is 12.3. The van der Waals surface area contributed by atoms with Crippen molar-refractivity contribution in [2.45, 2.75) is 12.8 Å². The Labute approximate surface area is 120 Å². The average Bonchev–Trinajstić information content (AvgIpc) is 2.52. The van der Waals surface area contributed by atoms with Crippen molar-refractivity contribution in [3.63, 3.8) is 0 Å². The van der Waals surface area contributed by atoms with Gasteiger partial charge in [0, 0.05) is 26.7 Å². The number of aromatic nitrogens is 2. The molecule has 112 valence electrons. The molecule has 2 heterocycles. The molecular weight excluding hydrogens is 256 g/mol. The van der Waals surface area contributed by atoms with Gasteiger partial charge in [0.25, 0.3) is 0 Å². The van der Waals surface area contributed by atoms with Crippen LogP contribution in [0.25, 0.3) is 0 Å². The maximum Gasteiger partial charge on any atom is 0.233 e. The zero-order valence-electron chi connectivity index (χ0n) is 12.3. The summed E-state index contributed by atoms with van der Waals surface area (Å²) in [6.45, 7) is 4.83. The van der Waals surface area contributed by atoms with E-state index in [-0.39, 0.29) is 0 Å². The highest BCUT2D eigenvalue weighted by Gasteiger charge is 2.20. The minimum absolute atomic E-state index is 0.575.